The van der Waals surface area contributed by atoms with Crippen LogP contribution in [0, 0.1) is 0 Å². The summed E-state index contributed by atoms with van der Waals surface area (Å²) in [5, 5.41) is 8.49. The molecular weight excluding hydrogens is 280 g/mol. The zero-order valence-electron chi connectivity index (χ0n) is 9.30. The lowest BCUT2D eigenvalue weighted by molar-refractivity contribution is -0.139. The molecule has 0 aromatic heterocycles. The van der Waals surface area contributed by atoms with Gasteiger partial charge in [0.05, 0.1) is 15.7 Å². The molecule has 5 nitrogen and oxygen atoms in total. The summed E-state index contributed by atoms with van der Waals surface area (Å²) >= 11 is 5.81. The fourth-order valence-electron chi connectivity index (χ4n) is 1.18. The third-order valence-corrected chi connectivity index (χ3v) is 3.89. The van der Waals surface area contributed by atoms with Crippen molar-refractivity contribution < 1.29 is 23.1 Å². The Labute approximate surface area is 110 Å². The predicted octanol–water partition coefficient (Wildman–Crippen LogP) is 1.76. The van der Waals surface area contributed by atoms with Crippen LogP contribution in [0.15, 0.2) is 35.7 Å². The van der Waals surface area contributed by atoms with Crippen LogP contribution in [0.4, 0.5) is 0 Å². The Morgan fingerprint density at radius 1 is 1.50 bits per heavy atom. The average Bonchev–Trinajstić information content (AvgIpc) is 2.27. The van der Waals surface area contributed by atoms with E-state index >= 15 is 0 Å². The molecule has 0 radical (unpaired) electrons. The number of hydrogen-bond acceptors (Lipinski definition) is 4. The third-order valence-electron chi connectivity index (χ3n) is 1.95. The number of aliphatic carboxylic acids is 1. The number of carbonyl (C=O) groups is 1. The maximum Gasteiger partial charge on any atom is 0.341 e. The molecular formula is C11H11ClO5S. The van der Waals surface area contributed by atoms with Crippen LogP contribution in [-0.4, -0.2) is 31.9 Å². The number of ether oxygens (including phenoxy) is 1. The first-order valence-electron chi connectivity index (χ1n) is 4.84. The highest BCUT2D eigenvalue weighted by atomic mass is 35.5. The van der Waals surface area contributed by atoms with Gasteiger partial charge >= 0.3 is 5.97 Å². The average molecular weight is 291 g/mol. The number of sulfone groups is 1. The fraction of sp³-hybridized carbons (Fsp3) is 0.182. The molecule has 0 atom stereocenters. The van der Waals surface area contributed by atoms with Crippen molar-refractivity contribution in [1.29, 1.82) is 0 Å². The first-order chi connectivity index (χ1) is 8.36. The Kier molecular flexibility index (Phi) is 4.75. The third kappa shape index (κ3) is 3.75. The lowest BCUT2D eigenvalue weighted by Gasteiger charge is -2.07. The van der Waals surface area contributed by atoms with Gasteiger partial charge < -0.3 is 9.84 Å². The molecule has 0 spiro atoms. The molecule has 0 aliphatic rings. The van der Waals surface area contributed by atoms with Crippen molar-refractivity contribution in [3.05, 3.63) is 35.9 Å². The monoisotopic (exact) mass is 290 g/mol. The summed E-state index contributed by atoms with van der Waals surface area (Å²) in [6.45, 7) is 2.81. The van der Waals surface area contributed by atoms with Crippen LogP contribution in [0.25, 0.3) is 0 Å². The minimum atomic E-state index is -3.46. The van der Waals surface area contributed by atoms with Crippen molar-refractivity contribution in [3.63, 3.8) is 0 Å². The van der Waals surface area contributed by atoms with Gasteiger partial charge in [0.15, 0.2) is 16.4 Å². The largest absolute Gasteiger partial charge is 0.480 e. The van der Waals surface area contributed by atoms with E-state index in [0.29, 0.717) is 0 Å². The molecule has 98 valence electrons. The van der Waals surface area contributed by atoms with E-state index in [9.17, 15) is 13.2 Å². The van der Waals surface area contributed by atoms with Crippen LogP contribution in [0.1, 0.15) is 0 Å². The number of carboxylic acid groups (broad SMARTS) is 1. The van der Waals surface area contributed by atoms with Crippen LogP contribution < -0.4 is 4.74 Å². The quantitative estimate of drug-likeness (QED) is 0.808. The normalized spacial score (nSPS) is 10.9. The molecule has 1 N–H and O–H groups in total. The van der Waals surface area contributed by atoms with Gasteiger partial charge in [-0.2, -0.15) is 0 Å². The summed E-state index contributed by atoms with van der Waals surface area (Å²) in [4.78, 5) is 10.4. The predicted molar refractivity (Wildman–Crippen MR) is 66.8 cm³/mol. The molecule has 0 heterocycles. The summed E-state index contributed by atoms with van der Waals surface area (Å²) < 4.78 is 28.3. The van der Waals surface area contributed by atoms with Gasteiger partial charge in [0.25, 0.3) is 0 Å². The Morgan fingerprint density at radius 2 is 2.17 bits per heavy atom. The van der Waals surface area contributed by atoms with Crippen molar-refractivity contribution in [2.45, 2.75) is 4.90 Å². The lowest BCUT2D eigenvalue weighted by Crippen LogP contribution is -2.10. The van der Waals surface area contributed by atoms with Gasteiger partial charge in [-0.3, -0.25) is 0 Å². The van der Waals surface area contributed by atoms with E-state index in [4.69, 9.17) is 21.4 Å². The van der Waals surface area contributed by atoms with Crippen molar-refractivity contribution >= 4 is 27.4 Å². The van der Waals surface area contributed by atoms with Crippen LogP contribution in [0.5, 0.6) is 5.75 Å². The number of rotatable bonds is 6. The molecule has 18 heavy (non-hydrogen) atoms. The Bertz CT molecular complexity index is 565. The first-order valence-corrected chi connectivity index (χ1v) is 6.87. The van der Waals surface area contributed by atoms with E-state index in [1.54, 1.807) is 0 Å². The molecule has 1 aromatic rings. The van der Waals surface area contributed by atoms with Crippen molar-refractivity contribution in [3.8, 4) is 5.75 Å². The van der Waals surface area contributed by atoms with Gasteiger partial charge in [0.2, 0.25) is 0 Å². The number of halogens is 1. The molecule has 0 fully saturated rings. The van der Waals surface area contributed by atoms with Crippen molar-refractivity contribution in [2.75, 3.05) is 12.4 Å². The lowest BCUT2D eigenvalue weighted by atomic mass is 10.3. The molecule has 0 amide bonds. The Hall–Kier alpha value is -1.53. The molecule has 1 aromatic carbocycles. The summed E-state index contributed by atoms with van der Waals surface area (Å²) in [7, 11) is -3.46. The van der Waals surface area contributed by atoms with Gasteiger partial charge in [0.1, 0.15) is 5.75 Å². The van der Waals surface area contributed by atoms with Crippen LogP contribution in [0.3, 0.4) is 0 Å². The Morgan fingerprint density at radius 3 is 2.67 bits per heavy atom. The second kappa shape index (κ2) is 5.88. The number of carboxylic acids is 1. The molecule has 7 heteroatoms. The fourth-order valence-corrected chi connectivity index (χ4v) is 2.56. The van der Waals surface area contributed by atoms with Gasteiger partial charge in [-0.05, 0) is 18.2 Å². The molecule has 0 saturated carbocycles. The molecule has 0 bridgehead atoms. The first kappa shape index (κ1) is 14.5. The summed E-state index contributed by atoms with van der Waals surface area (Å²) in [5.41, 5.74) is 0. The van der Waals surface area contributed by atoms with Crippen LogP contribution >= 0.6 is 11.6 Å². The van der Waals surface area contributed by atoms with Crippen LogP contribution in [-0.2, 0) is 14.6 Å². The highest BCUT2D eigenvalue weighted by Gasteiger charge is 2.15. The number of hydrogen-bond donors (Lipinski definition) is 1. The number of benzene rings is 1. The standard InChI is InChI=1S/C11H11ClO5S/c1-2-5-18(15,16)8-3-4-10(9(12)6-8)17-7-11(13)14/h2-4,6H,1,5,7H2,(H,13,14). The minimum absolute atomic E-state index is 0.0371. The highest BCUT2D eigenvalue weighted by molar-refractivity contribution is 7.91. The minimum Gasteiger partial charge on any atom is -0.480 e. The van der Waals surface area contributed by atoms with Crippen molar-refractivity contribution in [2.24, 2.45) is 0 Å². The Balaban J connectivity index is 2.99. The van der Waals surface area contributed by atoms with E-state index < -0.39 is 22.4 Å². The van der Waals surface area contributed by atoms with Gasteiger partial charge in [-0.1, -0.05) is 17.7 Å². The smallest absolute Gasteiger partial charge is 0.341 e. The maximum atomic E-state index is 11.7. The molecule has 0 saturated heterocycles. The molecule has 1 rings (SSSR count). The van der Waals surface area contributed by atoms with Gasteiger partial charge in [-0.15, -0.1) is 6.58 Å². The topological polar surface area (TPSA) is 80.7 Å². The summed E-state index contributed by atoms with van der Waals surface area (Å²) in [6.07, 6.45) is 1.28. The van der Waals surface area contributed by atoms with Crippen molar-refractivity contribution in [1.82, 2.24) is 0 Å². The molecule has 0 aliphatic carbocycles. The van der Waals surface area contributed by atoms with Gasteiger partial charge in [-0.25, -0.2) is 13.2 Å². The molecule has 0 unspecified atom stereocenters. The van der Waals surface area contributed by atoms with Gasteiger partial charge in [0, 0.05) is 0 Å². The van der Waals surface area contributed by atoms with E-state index in [2.05, 4.69) is 6.58 Å². The van der Waals surface area contributed by atoms with E-state index in [1.807, 2.05) is 0 Å². The van der Waals surface area contributed by atoms with E-state index in [0.717, 1.165) is 0 Å². The zero-order valence-corrected chi connectivity index (χ0v) is 10.9. The van der Waals surface area contributed by atoms with E-state index in [-0.39, 0.29) is 21.4 Å². The van der Waals surface area contributed by atoms with Crippen LogP contribution in [0.2, 0.25) is 5.02 Å². The second-order valence-electron chi connectivity index (χ2n) is 3.34. The zero-order chi connectivity index (χ0) is 13.8. The van der Waals surface area contributed by atoms with E-state index in [1.165, 1.54) is 24.3 Å². The maximum absolute atomic E-state index is 11.7. The second-order valence-corrected chi connectivity index (χ2v) is 5.79. The molecule has 0 aliphatic heterocycles. The SMILES string of the molecule is C=CCS(=O)(=O)c1ccc(OCC(=O)O)c(Cl)c1. The summed E-state index contributed by atoms with van der Waals surface area (Å²) in [5.74, 6) is -1.22. The highest BCUT2D eigenvalue weighted by Crippen LogP contribution is 2.27. The summed E-state index contributed by atoms with van der Waals surface area (Å²) in [6, 6.07) is 3.85.